The number of unbranched alkanes of at least 4 members (excludes halogenated alkanes) is 3. The molecule has 118 valence electrons. The standard InChI is InChI=1S/C17H26O3S/c1-4-6-7-8-10-13(3)20-14-11-9-12-15(21-5-2)16(14)17(18)19/h9,11-13H,4-8,10H2,1-3H3,(H,18,19). The summed E-state index contributed by atoms with van der Waals surface area (Å²) >= 11 is 1.54. The fraction of sp³-hybridized carbons (Fsp3) is 0.588. The molecule has 1 aromatic carbocycles. The number of benzene rings is 1. The summed E-state index contributed by atoms with van der Waals surface area (Å²) in [5, 5.41) is 9.44. The number of thioether (sulfide) groups is 1. The summed E-state index contributed by atoms with van der Waals surface area (Å²) < 4.78 is 5.88. The minimum Gasteiger partial charge on any atom is -0.490 e. The van der Waals surface area contributed by atoms with Crippen molar-refractivity contribution in [1.82, 2.24) is 0 Å². The van der Waals surface area contributed by atoms with Crippen molar-refractivity contribution < 1.29 is 14.6 Å². The van der Waals surface area contributed by atoms with Gasteiger partial charge in [-0.05, 0) is 37.7 Å². The van der Waals surface area contributed by atoms with Gasteiger partial charge in [-0.15, -0.1) is 11.8 Å². The van der Waals surface area contributed by atoms with Crippen molar-refractivity contribution >= 4 is 17.7 Å². The van der Waals surface area contributed by atoms with Crippen LogP contribution in [-0.2, 0) is 0 Å². The Morgan fingerprint density at radius 2 is 2.05 bits per heavy atom. The van der Waals surface area contributed by atoms with Gasteiger partial charge >= 0.3 is 5.97 Å². The highest BCUT2D eigenvalue weighted by Crippen LogP contribution is 2.31. The van der Waals surface area contributed by atoms with E-state index in [2.05, 4.69) is 6.92 Å². The molecule has 0 aliphatic rings. The molecular weight excluding hydrogens is 284 g/mol. The second kappa shape index (κ2) is 9.72. The first-order valence-corrected chi connectivity index (χ1v) is 8.74. The third kappa shape index (κ3) is 6.00. The molecule has 0 radical (unpaired) electrons. The third-order valence-corrected chi connectivity index (χ3v) is 4.23. The van der Waals surface area contributed by atoms with Crippen LogP contribution in [0.1, 0.15) is 63.2 Å². The molecule has 1 N–H and O–H groups in total. The molecule has 1 aromatic rings. The monoisotopic (exact) mass is 310 g/mol. The Labute approximate surface area is 132 Å². The van der Waals surface area contributed by atoms with Crippen molar-refractivity contribution in [2.45, 2.75) is 63.9 Å². The summed E-state index contributed by atoms with van der Waals surface area (Å²) in [6, 6.07) is 5.46. The highest BCUT2D eigenvalue weighted by molar-refractivity contribution is 7.99. The van der Waals surface area contributed by atoms with Gasteiger partial charge in [-0.3, -0.25) is 0 Å². The zero-order valence-corrected chi connectivity index (χ0v) is 14.0. The molecule has 4 heteroatoms. The van der Waals surface area contributed by atoms with Gasteiger partial charge in [0, 0.05) is 4.90 Å². The highest BCUT2D eigenvalue weighted by atomic mass is 32.2. The number of ether oxygens (including phenoxy) is 1. The van der Waals surface area contributed by atoms with Gasteiger partial charge in [0.15, 0.2) is 0 Å². The number of carboxylic acid groups (broad SMARTS) is 1. The normalized spacial score (nSPS) is 12.1. The maximum atomic E-state index is 11.5. The first-order valence-electron chi connectivity index (χ1n) is 7.75. The minimum atomic E-state index is -0.917. The van der Waals surface area contributed by atoms with Crippen LogP contribution in [0.15, 0.2) is 23.1 Å². The molecule has 0 saturated carbocycles. The quantitative estimate of drug-likeness (QED) is 0.474. The van der Waals surface area contributed by atoms with Crippen LogP contribution in [0.4, 0.5) is 0 Å². The van der Waals surface area contributed by atoms with E-state index in [0.717, 1.165) is 23.5 Å². The van der Waals surface area contributed by atoms with Gasteiger partial charge in [0.25, 0.3) is 0 Å². The van der Waals surface area contributed by atoms with Crippen LogP contribution in [0, 0.1) is 0 Å². The molecule has 1 atom stereocenters. The summed E-state index contributed by atoms with van der Waals surface area (Å²) in [6.45, 7) is 6.22. The molecule has 0 saturated heterocycles. The summed E-state index contributed by atoms with van der Waals surface area (Å²) in [7, 11) is 0. The zero-order valence-electron chi connectivity index (χ0n) is 13.2. The topological polar surface area (TPSA) is 46.5 Å². The van der Waals surface area contributed by atoms with Gasteiger partial charge in [0.2, 0.25) is 0 Å². The van der Waals surface area contributed by atoms with Gasteiger partial charge in [-0.2, -0.15) is 0 Å². The van der Waals surface area contributed by atoms with Crippen LogP contribution in [0.3, 0.4) is 0 Å². The lowest BCUT2D eigenvalue weighted by molar-refractivity contribution is 0.0685. The Balaban J connectivity index is 2.73. The molecule has 0 amide bonds. The second-order valence-corrected chi connectivity index (χ2v) is 6.45. The predicted molar refractivity (Wildman–Crippen MR) is 88.6 cm³/mol. The number of rotatable bonds is 10. The van der Waals surface area contributed by atoms with Gasteiger partial charge in [-0.25, -0.2) is 4.79 Å². The molecule has 0 heterocycles. The van der Waals surface area contributed by atoms with Crippen molar-refractivity contribution in [3.8, 4) is 5.75 Å². The number of hydrogen-bond donors (Lipinski definition) is 1. The first-order chi connectivity index (χ1) is 10.1. The van der Waals surface area contributed by atoms with Crippen LogP contribution in [0.2, 0.25) is 0 Å². The van der Waals surface area contributed by atoms with E-state index >= 15 is 0 Å². The largest absolute Gasteiger partial charge is 0.490 e. The predicted octanol–water partition coefficient (Wildman–Crippen LogP) is 5.23. The van der Waals surface area contributed by atoms with E-state index in [1.54, 1.807) is 6.07 Å². The van der Waals surface area contributed by atoms with Crippen LogP contribution in [0.25, 0.3) is 0 Å². The maximum Gasteiger partial charge on any atom is 0.340 e. The molecule has 21 heavy (non-hydrogen) atoms. The van der Waals surface area contributed by atoms with E-state index in [0.29, 0.717) is 11.3 Å². The minimum absolute atomic E-state index is 0.0434. The number of hydrogen-bond acceptors (Lipinski definition) is 3. The molecule has 0 aliphatic carbocycles. The molecule has 3 nitrogen and oxygen atoms in total. The van der Waals surface area contributed by atoms with Crippen LogP contribution in [-0.4, -0.2) is 22.9 Å². The maximum absolute atomic E-state index is 11.5. The van der Waals surface area contributed by atoms with Crippen LogP contribution in [0.5, 0.6) is 5.75 Å². The van der Waals surface area contributed by atoms with Crippen molar-refractivity contribution in [1.29, 1.82) is 0 Å². The molecule has 0 aromatic heterocycles. The molecule has 0 bridgehead atoms. The van der Waals surface area contributed by atoms with Crippen molar-refractivity contribution in [2.24, 2.45) is 0 Å². The third-order valence-electron chi connectivity index (χ3n) is 3.29. The molecule has 1 rings (SSSR count). The summed E-state index contributed by atoms with van der Waals surface area (Å²) in [6.07, 6.45) is 5.80. The number of aromatic carboxylic acids is 1. The summed E-state index contributed by atoms with van der Waals surface area (Å²) in [4.78, 5) is 12.3. The van der Waals surface area contributed by atoms with E-state index in [1.807, 2.05) is 26.0 Å². The van der Waals surface area contributed by atoms with Gasteiger partial charge in [-0.1, -0.05) is 39.2 Å². The molecular formula is C17H26O3S. The van der Waals surface area contributed by atoms with E-state index in [1.165, 1.54) is 31.0 Å². The lowest BCUT2D eigenvalue weighted by Crippen LogP contribution is -2.14. The zero-order chi connectivity index (χ0) is 15.7. The Morgan fingerprint density at radius 3 is 2.67 bits per heavy atom. The van der Waals surface area contributed by atoms with E-state index in [-0.39, 0.29) is 6.10 Å². The average Bonchev–Trinajstić information content (AvgIpc) is 2.44. The van der Waals surface area contributed by atoms with Gasteiger partial charge in [0.1, 0.15) is 11.3 Å². The first kappa shape index (κ1) is 17.9. The molecule has 0 spiro atoms. The second-order valence-electron chi connectivity index (χ2n) is 5.15. The van der Waals surface area contributed by atoms with Crippen molar-refractivity contribution in [3.63, 3.8) is 0 Å². The SMILES string of the molecule is CCCCCCC(C)Oc1cccc(SCC)c1C(=O)O. The molecule has 0 fully saturated rings. The lowest BCUT2D eigenvalue weighted by atomic mass is 10.1. The van der Waals surface area contributed by atoms with Crippen molar-refractivity contribution in [3.05, 3.63) is 23.8 Å². The average molecular weight is 310 g/mol. The van der Waals surface area contributed by atoms with E-state index in [9.17, 15) is 9.90 Å². The van der Waals surface area contributed by atoms with Gasteiger partial charge in [0.05, 0.1) is 6.10 Å². The molecule has 1 unspecified atom stereocenters. The lowest BCUT2D eigenvalue weighted by Gasteiger charge is -2.17. The van der Waals surface area contributed by atoms with Crippen LogP contribution >= 0.6 is 11.8 Å². The van der Waals surface area contributed by atoms with Crippen molar-refractivity contribution in [2.75, 3.05) is 5.75 Å². The smallest absolute Gasteiger partial charge is 0.340 e. The fourth-order valence-electron chi connectivity index (χ4n) is 2.23. The highest BCUT2D eigenvalue weighted by Gasteiger charge is 2.18. The Morgan fingerprint density at radius 1 is 1.29 bits per heavy atom. The number of carboxylic acids is 1. The number of carbonyl (C=O) groups is 1. The Hall–Kier alpha value is -1.16. The summed E-state index contributed by atoms with van der Waals surface area (Å²) in [5.74, 6) is 0.416. The fourth-order valence-corrected chi connectivity index (χ4v) is 3.05. The summed E-state index contributed by atoms with van der Waals surface area (Å²) in [5.41, 5.74) is 0.296. The Kier molecular flexibility index (Phi) is 8.28. The Bertz CT molecular complexity index is 446. The molecule has 0 aliphatic heterocycles. The van der Waals surface area contributed by atoms with Gasteiger partial charge < -0.3 is 9.84 Å². The van der Waals surface area contributed by atoms with E-state index in [4.69, 9.17) is 4.74 Å². The van der Waals surface area contributed by atoms with E-state index < -0.39 is 5.97 Å². The van der Waals surface area contributed by atoms with Crippen LogP contribution < -0.4 is 4.74 Å².